The molecule has 0 aliphatic heterocycles. The summed E-state index contributed by atoms with van der Waals surface area (Å²) >= 11 is 0. The Morgan fingerprint density at radius 2 is 1.59 bits per heavy atom. The van der Waals surface area contributed by atoms with Crippen LogP contribution < -0.4 is 14.2 Å². The molecule has 0 aliphatic rings. The van der Waals surface area contributed by atoms with Crippen molar-refractivity contribution >= 4 is 18.1 Å². The molecule has 0 fully saturated rings. The topological polar surface area (TPSA) is 44.8 Å². The average Bonchev–Trinajstić information content (AvgIpc) is 2.74. The van der Waals surface area contributed by atoms with Crippen LogP contribution in [0.15, 0.2) is 66.7 Å². The van der Waals surface area contributed by atoms with Gasteiger partial charge in [0.2, 0.25) is 0 Å². The molecule has 0 saturated carbocycles. The first kappa shape index (κ1) is 20.2. The van der Waals surface area contributed by atoms with E-state index in [1.165, 1.54) is 5.56 Å². The fourth-order valence-corrected chi connectivity index (χ4v) is 2.73. The molecule has 0 saturated heterocycles. The third-order valence-corrected chi connectivity index (χ3v) is 4.51. The monoisotopic (exact) mass is 388 g/mol. The van der Waals surface area contributed by atoms with Gasteiger partial charge >= 0.3 is 5.97 Å². The fourth-order valence-electron chi connectivity index (χ4n) is 2.73. The van der Waals surface area contributed by atoms with E-state index in [0.717, 1.165) is 16.7 Å². The van der Waals surface area contributed by atoms with Crippen molar-refractivity contribution in [1.29, 1.82) is 0 Å². The molecule has 29 heavy (non-hydrogen) atoms. The molecular formula is C25H24O4. The highest BCUT2D eigenvalue weighted by Crippen LogP contribution is 2.29. The van der Waals surface area contributed by atoms with Crippen LogP contribution in [-0.4, -0.2) is 19.7 Å². The summed E-state index contributed by atoms with van der Waals surface area (Å²) in [4.78, 5) is 12.2. The summed E-state index contributed by atoms with van der Waals surface area (Å²) in [6.45, 7) is 3.85. The molecule has 0 unspecified atom stereocenters. The number of rotatable bonds is 7. The molecule has 0 N–H and O–H groups in total. The fraction of sp³-hybridized carbons (Fsp3) is 0.160. The molecule has 3 aromatic carbocycles. The van der Waals surface area contributed by atoms with E-state index >= 15 is 0 Å². The Kier molecular flexibility index (Phi) is 6.69. The first-order valence-electron chi connectivity index (χ1n) is 9.37. The zero-order chi connectivity index (χ0) is 20.6. The molecule has 0 aliphatic carbocycles. The van der Waals surface area contributed by atoms with Gasteiger partial charge in [-0.25, -0.2) is 4.79 Å². The van der Waals surface area contributed by atoms with E-state index in [1.54, 1.807) is 13.2 Å². The molecule has 3 rings (SSSR count). The van der Waals surface area contributed by atoms with E-state index in [2.05, 4.69) is 0 Å². The number of benzene rings is 3. The van der Waals surface area contributed by atoms with Gasteiger partial charge in [0, 0.05) is 0 Å². The predicted octanol–water partition coefficient (Wildman–Crippen LogP) is 5.47. The molecule has 0 amide bonds. The van der Waals surface area contributed by atoms with Gasteiger partial charge in [-0.1, -0.05) is 54.6 Å². The second-order valence-corrected chi connectivity index (χ2v) is 6.66. The highest BCUT2D eigenvalue weighted by molar-refractivity contribution is 5.76. The Morgan fingerprint density at radius 1 is 0.828 bits per heavy atom. The number of esters is 1. The van der Waals surface area contributed by atoms with Gasteiger partial charge in [0.05, 0.1) is 7.11 Å². The summed E-state index contributed by atoms with van der Waals surface area (Å²) in [7, 11) is 1.54. The van der Waals surface area contributed by atoms with Gasteiger partial charge in [-0.15, -0.1) is 0 Å². The zero-order valence-corrected chi connectivity index (χ0v) is 16.8. The van der Waals surface area contributed by atoms with Gasteiger partial charge in [-0.2, -0.15) is 0 Å². The largest absolute Gasteiger partial charge is 0.493 e. The number of hydrogen-bond donors (Lipinski definition) is 0. The summed E-state index contributed by atoms with van der Waals surface area (Å²) in [6.07, 6.45) is 3.99. The lowest BCUT2D eigenvalue weighted by Crippen LogP contribution is -2.18. The van der Waals surface area contributed by atoms with E-state index in [4.69, 9.17) is 14.2 Å². The standard InChI is InChI=1S/C25H24O4/c1-18-9-13-22(15-19(18)2)28-17-25(26)29-23-14-12-21(16-24(23)27-3)11-10-20-7-5-4-6-8-20/h4-16H,17H2,1-3H3/b11-10+. The van der Waals surface area contributed by atoms with Crippen molar-refractivity contribution in [3.8, 4) is 17.2 Å². The molecule has 4 nitrogen and oxygen atoms in total. The Bertz CT molecular complexity index is 1010. The first-order chi connectivity index (χ1) is 14.0. The highest BCUT2D eigenvalue weighted by Gasteiger charge is 2.11. The molecular weight excluding hydrogens is 364 g/mol. The van der Waals surface area contributed by atoms with Gasteiger partial charge in [-0.3, -0.25) is 0 Å². The SMILES string of the molecule is COc1cc(/C=C/c2ccccc2)ccc1OC(=O)COc1ccc(C)c(C)c1. The summed E-state index contributed by atoms with van der Waals surface area (Å²) < 4.78 is 16.3. The minimum atomic E-state index is -0.492. The number of ether oxygens (including phenoxy) is 3. The van der Waals surface area contributed by atoms with Gasteiger partial charge in [0.25, 0.3) is 0 Å². The molecule has 0 aromatic heterocycles. The maximum atomic E-state index is 12.2. The van der Waals surface area contributed by atoms with Crippen molar-refractivity contribution in [2.75, 3.05) is 13.7 Å². The molecule has 0 radical (unpaired) electrons. The summed E-state index contributed by atoms with van der Waals surface area (Å²) in [5.41, 5.74) is 4.32. The smallest absolute Gasteiger partial charge is 0.349 e. The third-order valence-electron chi connectivity index (χ3n) is 4.51. The molecule has 0 heterocycles. The normalized spacial score (nSPS) is 10.7. The summed E-state index contributed by atoms with van der Waals surface area (Å²) in [5, 5.41) is 0. The van der Waals surface area contributed by atoms with Crippen LogP contribution in [0.5, 0.6) is 17.2 Å². The van der Waals surface area contributed by atoms with Crippen molar-refractivity contribution in [2.24, 2.45) is 0 Å². The minimum absolute atomic E-state index is 0.179. The predicted molar refractivity (Wildman–Crippen MR) is 115 cm³/mol. The molecule has 3 aromatic rings. The van der Waals surface area contributed by atoms with Crippen LogP contribution in [0.1, 0.15) is 22.3 Å². The lowest BCUT2D eigenvalue weighted by atomic mass is 10.1. The number of aryl methyl sites for hydroxylation is 2. The van der Waals surface area contributed by atoms with Crippen molar-refractivity contribution in [3.63, 3.8) is 0 Å². The van der Waals surface area contributed by atoms with Crippen molar-refractivity contribution < 1.29 is 19.0 Å². The van der Waals surface area contributed by atoms with E-state index in [0.29, 0.717) is 17.2 Å². The Balaban J connectivity index is 1.63. The van der Waals surface area contributed by atoms with Crippen molar-refractivity contribution in [2.45, 2.75) is 13.8 Å². The second kappa shape index (κ2) is 9.60. The maximum absolute atomic E-state index is 12.2. The Hall–Kier alpha value is -3.53. The van der Waals surface area contributed by atoms with Crippen LogP contribution in [0.3, 0.4) is 0 Å². The quantitative estimate of drug-likeness (QED) is 0.306. The highest BCUT2D eigenvalue weighted by atomic mass is 16.6. The molecule has 0 bridgehead atoms. The van der Waals surface area contributed by atoms with Crippen LogP contribution in [0.25, 0.3) is 12.2 Å². The van der Waals surface area contributed by atoms with Crippen LogP contribution in [-0.2, 0) is 4.79 Å². The van der Waals surface area contributed by atoms with E-state index in [-0.39, 0.29) is 6.61 Å². The van der Waals surface area contributed by atoms with Crippen LogP contribution in [0.2, 0.25) is 0 Å². The van der Waals surface area contributed by atoms with Crippen molar-refractivity contribution in [3.05, 3.63) is 89.0 Å². The van der Waals surface area contributed by atoms with Crippen LogP contribution in [0.4, 0.5) is 0 Å². The minimum Gasteiger partial charge on any atom is -0.493 e. The van der Waals surface area contributed by atoms with Gasteiger partial charge in [0.15, 0.2) is 18.1 Å². The van der Waals surface area contributed by atoms with Crippen LogP contribution >= 0.6 is 0 Å². The lowest BCUT2D eigenvalue weighted by Gasteiger charge is -2.11. The summed E-state index contributed by atoms with van der Waals surface area (Å²) in [6, 6.07) is 21.1. The number of methoxy groups -OCH3 is 1. The zero-order valence-electron chi connectivity index (χ0n) is 16.8. The van der Waals surface area contributed by atoms with E-state index < -0.39 is 5.97 Å². The van der Waals surface area contributed by atoms with Gasteiger partial charge < -0.3 is 14.2 Å². The Morgan fingerprint density at radius 3 is 2.31 bits per heavy atom. The van der Waals surface area contributed by atoms with E-state index in [1.807, 2.05) is 86.7 Å². The lowest BCUT2D eigenvalue weighted by molar-refractivity contribution is -0.136. The molecule has 4 heteroatoms. The van der Waals surface area contributed by atoms with Gasteiger partial charge in [0.1, 0.15) is 5.75 Å². The van der Waals surface area contributed by atoms with Crippen LogP contribution in [0, 0.1) is 13.8 Å². The Labute approximate surface area is 171 Å². The maximum Gasteiger partial charge on any atom is 0.349 e. The average molecular weight is 388 g/mol. The first-order valence-corrected chi connectivity index (χ1v) is 9.37. The van der Waals surface area contributed by atoms with Gasteiger partial charge in [-0.05, 0) is 60.4 Å². The van der Waals surface area contributed by atoms with E-state index in [9.17, 15) is 4.79 Å². The third kappa shape index (κ3) is 5.72. The summed E-state index contributed by atoms with van der Waals surface area (Å²) in [5.74, 6) is 0.991. The molecule has 148 valence electrons. The van der Waals surface area contributed by atoms with Crippen molar-refractivity contribution in [1.82, 2.24) is 0 Å². The second-order valence-electron chi connectivity index (χ2n) is 6.66. The number of carbonyl (C=O) groups excluding carboxylic acids is 1. The molecule has 0 spiro atoms. The molecule has 0 atom stereocenters. The number of carbonyl (C=O) groups is 1. The number of hydrogen-bond acceptors (Lipinski definition) is 4.